The van der Waals surface area contributed by atoms with E-state index < -0.39 is 0 Å². The summed E-state index contributed by atoms with van der Waals surface area (Å²) in [6.07, 6.45) is 5.09. The lowest BCUT2D eigenvalue weighted by atomic mass is 9.85. The molecule has 6 rings (SSSR count). The maximum atomic E-state index is 13.1. The third-order valence-electron chi connectivity index (χ3n) is 6.63. The molecule has 1 saturated carbocycles. The van der Waals surface area contributed by atoms with Crippen molar-refractivity contribution in [1.29, 1.82) is 0 Å². The molecule has 2 aliphatic carbocycles. The van der Waals surface area contributed by atoms with Gasteiger partial charge in [0.05, 0.1) is 49.2 Å². The van der Waals surface area contributed by atoms with Crippen molar-refractivity contribution >= 4 is 85.6 Å². The van der Waals surface area contributed by atoms with Gasteiger partial charge in [0.15, 0.2) is 4.34 Å². The average Bonchev–Trinajstić information content (AvgIpc) is 3.57. The number of allylic oxidation sites excluding steroid dienone is 2. The molecule has 0 radical (unpaired) electrons. The molecule has 4 atom stereocenters. The van der Waals surface area contributed by atoms with Crippen molar-refractivity contribution in [2.45, 2.75) is 10.8 Å². The number of aromatic nitrogens is 1. The highest BCUT2D eigenvalue weighted by atomic mass is 35.5. The number of carbonyl (C=O) groups is 3. The van der Waals surface area contributed by atoms with Crippen LogP contribution in [0.4, 0.5) is 11.4 Å². The number of para-hydroxylation sites is 1. The van der Waals surface area contributed by atoms with Crippen LogP contribution in [0, 0.1) is 23.7 Å². The summed E-state index contributed by atoms with van der Waals surface area (Å²) in [6, 6.07) is 10.5. The van der Waals surface area contributed by atoms with Crippen molar-refractivity contribution < 1.29 is 14.4 Å². The highest BCUT2D eigenvalue weighted by Gasteiger charge is 2.59. The highest BCUT2D eigenvalue weighted by Crippen LogP contribution is 2.53. The van der Waals surface area contributed by atoms with Gasteiger partial charge in [0, 0.05) is 0 Å². The molecule has 1 aliphatic heterocycles. The zero-order chi connectivity index (χ0) is 23.6. The van der Waals surface area contributed by atoms with Crippen LogP contribution in [0.25, 0.3) is 10.2 Å². The van der Waals surface area contributed by atoms with E-state index in [1.54, 1.807) is 24.3 Å². The van der Waals surface area contributed by atoms with Crippen LogP contribution in [0.15, 0.2) is 52.9 Å². The molecule has 0 spiro atoms. The minimum atomic E-state index is -0.247. The molecule has 6 nitrogen and oxygen atoms in total. The van der Waals surface area contributed by atoms with Gasteiger partial charge >= 0.3 is 0 Å². The van der Waals surface area contributed by atoms with Crippen LogP contribution in [-0.4, -0.2) is 28.5 Å². The minimum Gasteiger partial charge on any atom is -0.323 e. The SMILES string of the molecule is O=C(CSc1nc2ccc(N3C(=O)[C@@H]4[C@H](C3=O)[C@H]3C=C[C@H]4C3)cc2s1)Nc1c(Cl)cccc1Cl. The standard InChI is InChI=1S/C24H17Cl2N3O3S2/c25-14-2-1-3-15(26)21(14)28-18(30)10-33-24-27-16-7-6-13(9-17(16)34-24)29-22(31)19-11-4-5-12(8-11)20(19)23(29)32/h1-7,9,11-12,19-20H,8,10H2,(H,28,30)/t11-,12-,19-,20+/m0/s1. The summed E-state index contributed by atoms with van der Waals surface area (Å²) in [7, 11) is 0. The Labute approximate surface area is 213 Å². The second kappa shape index (κ2) is 8.37. The smallest absolute Gasteiger partial charge is 0.238 e. The average molecular weight is 530 g/mol. The third kappa shape index (κ3) is 3.55. The lowest BCUT2D eigenvalue weighted by Crippen LogP contribution is -2.32. The summed E-state index contributed by atoms with van der Waals surface area (Å²) in [5.74, 6) is -0.400. The van der Waals surface area contributed by atoms with E-state index >= 15 is 0 Å². The number of imide groups is 1. The molecule has 1 aromatic heterocycles. The number of thiazole rings is 1. The highest BCUT2D eigenvalue weighted by molar-refractivity contribution is 8.01. The Balaban J connectivity index is 1.17. The summed E-state index contributed by atoms with van der Waals surface area (Å²) in [5, 5.41) is 3.48. The monoisotopic (exact) mass is 529 g/mol. The number of amides is 3. The number of nitrogens with one attached hydrogen (secondary N) is 1. The van der Waals surface area contributed by atoms with Crippen LogP contribution in [0.2, 0.25) is 10.0 Å². The fourth-order valence-electron chi connectivity index (χ4n) is 5.17. The Morgan fingerprint density at radius 1 is 1.09 bits per heavy atom. The van der Waals surface area contributed by atoms with Gasteiger partial charge in [-0.1, -0.05) is 53.2 Å². The van der Waals surface area contributed by atoms with Crippen molar-refractivity contribution in [3.63, 3.8) is 0 Å². The summed E-state index contributed by atoms with van der Waals surface area (Å²) in [6.45, 7) is 0. The van der Waals surface area contributed by atoms with Gasteiger partial charge in [0.2, 0.25) is 17.7 Å². The van der Waals surface area contributed by atoms with E-state index in [0.717, 1.165) is 16.6 Å². The maximum absolute atomic E-state index is 13.1. The van der Waals surface area contributed by atoms with Gasteiger partial charge in [-0.3, -0.25) is 14.4 Å². The Kier molecular flexibility index (Phi) is 5.44. The molecule has 1 saturated heterocycles. The van der Waals surface area contributed by atoms with Crippen LogP contribution in [0.1, 0.15) is 6.42 Å². The first kappa shape index (κ1) is 22.1. The number of hydrogen-bond donors (Lipinski definition) is 1. The van der Waals surface area contributed by atoms with Crippen LogP contribution in [-0.2, 0) is 14.4 Å². The molecule has 2 aromatic carbocycles. The lowest BCUT2D eigenvalue weighted by Gasteiger charge is -2.17. The van der Waals surface area contributed by atoms with Gasteiger partial charge in [0.25, 0.3) is 0 Å². The number of fused-ring (bicyclic) bond motifs is 6. The maximum Gasteiger partial charge on any atom is 0.238 e. The van der Waals surface area contributed by atoms with E-state index in [9.17, 15) is 14.4 Å². The molecule has 0 unspecified atom stereocenters. The largest absolute Gasteiger partial charge is 0.323 e. The van der Waals surface area contributed by atoms with Crippen LogP contribution in [0.3, 0.4) is 0 Å². The zero-order valence-corrected chi connectivity index (χ0v) is 20.7. The topological polar surface area (TPSA) is 79.4 Å². The molecule has 172 valence electrons. The predicted molar refractivity (Wildman–Crippen MR) is 136 cm³/mol. The van der Waals surface area contributed by atoms with E-state index in [4.69, 9.17) is 23.2 Å². The Morgan fingerprint density at radius 3 is 2.44 bits per heavy atom. The molecule has 34 heavy (non-hydrogen) atoms. The van der Waals surface area contributed by atoms with Gasteiger partial charge in [-0.25, -0.2) is 9.88 Å². The van der Waals surface area contributed by atoms with Crippen molar-refractivity contribution in [2.24, 2.45) is 23.7 Å². The molecule has 10 heteroatoms. The van der Waals surface area contributed by atoms with Crippen molar-refractivity contribution in [1.82, 2.24) is 4.98 Å². The number of carbonyl (C=O) groups excluding carboxylic acids is 3. The van der Waals surface area contributed by atoms with E-state index in [1.807, 2.05) is 12.1 Å². The number of hydrogen-bond acceptors (Lipinski definition) is 6. The summed E-state index contributed by atoms with van der Waals surface area (Å²) >= 11 is 14.9. The van der Waals surface area contributed by atoms with Crippen molar-refractivity contribution in [3.05, 3.63) is 58.6 Å². The Morgan fingerprint density at radius 2 is 1.76 bits per heavy atom. The molecular formula is C24H17Cl2N3O3S2. The quantitative estimate of drug-likeness (QED) is 0.262. The van der Waals surface area contributed by atoms with Crippen molar-refractivity contribution in [3.8, 4) is 0 Å². The first-order chi connectivity index (χ1) is 16.4. The van der Waals surface area contributed by atoms with Gasteiger partial charge < -0.3 is 5.32 Å². The summed E-state index contributed by atoms with van der Waals surface area (Å²) in [4.78, 5) is 44.5. The normalized spacial score (nSPS) is 24.9. The molecule has 3 aliphatic rings. The lowest BCUT2D eigenvalue weighted by molar-refractivity contribution is -0.123. The number of thioether (sulfide) groups is 1. The van der Waals surface area contributed by atoms with Crippen LogP contribution >= 0.6 is 46.3 Å². The third-order valence-corrected chi connectivity index (χ3v) is 9.43. The molecular weight excluding hydrogens is 513 g/mol. The van der Waals surface area contributed by atoms with Gasteiger partial charge in [-0.15, -0.1) is 11.3 Å². The molecule has 3 amide bonds. The summed E-state index contributed by atoms with van der Waals surface area (Å²) < 4.78 is 1.57. The number of halogens is 2. The van der Waals surface area contributed by atoms with Crippen LogP contribution in [0.5, 0.6) is 0 Å². The van der Waals surface area contributed by atoms with Gasteiger partial charge in [0.1, 0.15) is 0 Å². The van der Waals surface area contributed by atoms with Gasteiger partial charge in [-0.2, -0.15) is 0 Å². The number of nitrogens with zero attached hydrogens (tertiary/aromatic N) is 2. The molecule has 2 heterocycles. The molecule has 2 fully saturated rings. The number of anilines is 2. The second-order valence-corrected chi connectivity index (χ2v) is 11.6. The number of rotatable bonds is 5. The minimum absolute atomic E-state index is 0.0970. The van der Waals surface area contributed by atoms with E-state index in [2.05, 4.69) is 22.5 Å². The van der Waals surface area contributed by atoms with E-state index in [0.29, 0.717) is 25.8 Å². The van der Waals surface area contributed by atoms with E-state index in [-0.39, 0.29) is 47.1 Å². The fraction of sp³-hybridized carbons (Fsp3) is 0.250. The fourth-order valence-corrected chi connectivity index (χ4v) is 7.56. The molecule has 2 bridgehead atoms. The summed E-state index contributed by atoms with van der Waals surface area (Å²) in [5.41, 5.74) is 1.73. The predicted octanol–water partition coefficient (Wildman–Crippen LogP) is 5.65. The Hall–Kier alpha value is -2.39. The Bertz CT molecular complexity index is 1360. The first-order valence-corrected chi connectivity index (χ1v) is 13.3. The van der Waals surface area contributed by atoms with Crippen LogP contribution < -0.4 is 10.2 Å². The van der Waals surface area contributed by atoms with Crippen molar-refractivity contribution in [2.75, 3.05) is 16.0 Å². The molecule has 3 aromatic rings. The van der Waals surface area contributed by atoms with E-state index in [1.165, 1.54) is 28.0 Å². The molecule has 1 N–H and O–H groups in total. The first-order valence-electron chi connectivity index (χ1n) is 10.7. The second-order valence-electron chi connectivity index (χ2n) is 8.58. The zero-order valence-electron chi connectivity index (χ0n) is 17.5. The van der Waals surface area contributed by atoms with Gasteiger partial charge in [-0.05, 0) is 48.6 Å². The number of benzene rings is 2.